The molecule has 0 aliphatic rings. The van der Waals surface area contributed by atoms with E-state index in [4.69, 9.17) is 21.7 Å². The van der Waals surface area contributed by atoms with Crippen molar-refractivity contribution in [3.63, 3.8) is 0 Å². The van der Waals surface area contributed by atoms with Crippen LogP contribution in [0.3, 0.4) is 0 Å². The van der Waals surface area contributed by atoms with E-state index in [1.165, 1.54) is 4.68 Å². The van der Waals surface area contributed by atoms with Gasteiger partial charge in [-0.25, -0.2) is 0 Å². The number of aliphatic hydroxyl groups is 1. The number of hydrogen-bond donors (Lipinski definition) is 1. The lowest BCUT2D eigenvalue weighted by molar-refractivity contribution is 0.190. The van der Waals surface area contributed by atoms with Gasteiger partial charge in [-0.3, -0.25) is 0 Å². The van der Waals surface area contributed by atoms with Crippen LogP contribution in [0.5, 0.6) is 0 Å². The summed E-state index contributed by atoms with van der Waals surface area (Å²) in [5.41, 5.74) is 0.802. The van der Waals surface area contributed by atoms with Gasteiger partial charge in [0.2, 0.25) is 5.89 Å². The molecule has 1 N–H and O–H groups in total. The quantitative estimate of drug-likeness (QED) is 0.863. The van der Waals surface area contributed by atoms with Crippen LogP contribution in [0.1, 0.15) is 0 Å². The van der Waals surface area contributed by atoms with Crippen molar-refractivity contribution in [1.82, 2.24) is 9.78 Å². The average Bonchev–Trinajstić information content (AvgIpc) is 2.60. The first kappa shape index (κ1) is 10.5. The Morgan fingerprint density at radius 1 is 1.47 bits per heavy atom. The van der Waals surface area contributed by atoms with Crippen LogP contribution < -0.4 is 0 Å². The largest absolute Gasteiger partial charge is 0.409 e. The lowest BCUT2D eigenvalue weighted by Crippen LogP contribution is -1.98. The van der Waals surface area contributed by atoms with Crippen molar-refractivity contribution in [1.29, 1.82) is 0 Å². The van der Waals surface area contributed by atoms with E-state index in [0.717, 1.165) is 10.0 Å². The summed E-state index contributed by atoms with van der Waals surface area (Å²) in [6, 6.07) is 7.50. The number of rotatable bonds is 2. The molecular weight excluding hydrogens is 280 g/mol. The monoisotopic (exact) mass is 286 g/mol. The van der Waals surface area contributed by atoms with E-state index in [1.807, 2.05) is 24.3 Å². The van der Waals surface area contributed by atoms with E-state index < -0.39 is 0 Å². The summed E-state index contributed by atoms with van der Waals surface area (Å²) in [5.74, 6) is 0.390. The molecule has 0 bridgehead atoms. The van der Waals surface area contributed by atoms with E-state index >= 15 is 0 Å². The summed E-state index contributed by atoms with van der Waals surface area (Å²) in [4.78, 5) is 0.156. The van der Waals surface area contributed by atoms with Gasteiger partial charge in [-0.05, 0) is 40.3 Å². The number of benzene rings is 1. The number of hydrogen-bond acceptors (Lipinski definition) is 4. The van der Waals surface area contributed by atoms with Crippen molar-refractivity contribution >= 4 is 28.1 Å². The average molecular weight is 287 g/mol. The van der Waals surface area contributed by atoms with E-state index in [9.17, 15) is 0 Å². The highest BCUT2D eigenvalue weighted by atomic mass is 79.9. The van der Waals surface area contributed by atoms with Crippen molar-refractivity contribution in [3.05, 3.63) is 33.6 Å². The Labute approximate surface area is 99.3 Å². The second kappa shape index (κ2) is 4.26. The Morgan fingerprint density at radius 2 is 2.20 bits per heavy atom. The fraction of sp³-hybridized carbons (Fsp3) is 0.111. The molecule has 0 amide bonds. The van der Waals surface area contributed by atoms with Crippen molar-refractivity contribution in [3.8, 4) is 11.5 Å². The van der Waals surface area contributed by atoms with Crippen LogP contribution in [0.4, 0.5) is 0 Å². The molecule has 0 radical (unpaired) electrons. The number of halogens is 1. The molecule has 2 rings (SSSR count). The maximum atomic E-state index is 8.91. The molecular formula is C9H7BrN2O2S. The second-order valence-corrected chi connectivity index (χ2v) is 4.00. The summed E-state index contributed by atoms with van der Waals surface area (Å²) in [5, 5.41) is 12.9. The molecule has 0 spiro atoms. The first-order chi connectivity index (χ1) is 7.22. The number of nitrogens with zero attached hydrogens (tertiary/aromatic N) is 2. The molecule has 0 aliphatic heterocycles. The van der Waals surface area contributed by atoms with Crippen molar-refractivity contribution in [2.75, 3.05) is 0 Å². The van der Waals surface area contributed by atoms with Crippen LogP contribution in [0.15, 0.2) is 33.2 Å². The Morgan fingerprint density at radius 3 is 2.80 bits per heavy atom. The van der Waals surface area contributed by atoms with E-state index in [0.29, 0.717) is 5.89 Å². The van der Waals surface area contributed by atoms with Crippen LogP contribution in [0.25, 0.3) is 11.5 Å². The summed E-state index contributed by atoms with van der Waals surface area (Å²) >= 11 is 8.26. The van der Waals surface area contributed by atoms with Gasteiger partial charge in [0.25, 0.3) is 4.84 Å². The van der Waals surface area contributed by atoms with Crippen LogP contribution in [-0.2, 0) is 6.73 Å². The molecule has 1 aromatic heterocycles. The Hall–Kier alpha value is -0.980. The SMILES string of the molecule is OCn1nc(-c2ccccc2Br)oc1=S. The summed E-state index contributed by atoms with van der Waals surface area (Å²) in [6.45, 7) is -0.285. The van der Waals surface area contributed by atoms with Gasteiger partial charge in [0.1, 0.15) is 6.73 Å². The number of aliphatic hydroxyl groups excluding tert-OH is 1. The molecule has 2 aromatic rings. The lowest BCUT2D eigenvalue weighted by Gasteiger charge is -1.96. The third-order valence-electron chi connectivity index (χ3n) is 1.84. The topological polar surface area (TPSA) is 51.2 Å². The van der Waals surface area contributed by atoms with Gasteiger partial charge in [-0.1, -0.05) is 12.1 Å². The molecule has 1 heterocycles. The van der Waals surface area contributed by atoms with Gasteiger partial charge in [-0.2, -0.15) is 4.68 Å². The number of aromatic nitrogens is 2. The predicted molar refractivity (Wildman–Crippen MR) is 60.7 cm³/mol. The minimum atomic E-state index is -0.285. The van der Waals surface area contributed by atoms with E-state index in [1.54, 1.807) is 0 Å². The zero-order chi connectivity index (χ0) is 10.8. The molecule has 15 heavy (non-hydrogen) atoms. The summed E-state index contributed by atoms with van der Waals surface area (Å²) < 4.78 is 7.33. The van der Waals surface area contributed by atoms with Gasteiger partial charge >= 0.3 is 0 Å². The van der Waals surface area contributed by atoms with E-state index in [-0.39, 0.29) is 11.6 Å². The first-order valence-corrected chi connectivity index (χ1v) is 5.36. The molecule has 0 atom stereocenters. The fourth-order valence-electron chi connectivity index (χ4n) is 1.14. The Kier molecular flexibility index (Phi) is 2.99. The summed E-state index contributed by atoms with van der Waals surface area (Å²) in [6.07, 6.45) is 0. The van der Waals surface area contributed by atoms with E-state index in [2.05, 4.69) is 21.0 Å². The highest BCUT2D eigenvalue weighted by Crippen LogP contribution is 2.26. The van der Waals surface area contributed by atoms with Gasteiger partial charge in [0.15, 0.2) is 0 Å². The van der Waals surface area contributed by atoms with Crippen LogP contribution in [-0.4, -0.2) is 14.9 Å². The fourth-order valence-corrected chi connectivity index (χ4v) is 1.77. The highest BCUT2D eigenvalue weighted by Gasteiger charge is 2.09. The summed E-state index contributed by atoms with van der Waals surface area (Å²) in [7, 11) is 0. The predicted octanol–water partition coefficient (Wildman–Crippen LogP) is 2.58. The second-order valence-electron chi connectivity index (χ2n) is 2.79. The van der Waals surface area contributed by atoms with Crippen molar-refractivity contribution in [2.45, 2.75) is 6.73 Å². The van der Waals surface area contributed by atoms with Gasteiger partial charge in [0, 0.05) is 4.47 Å². The standard InChI is InChI=1S/C9H7BrN2O2S/c10-7-4-2-1-3-6(7)8-11-12(5-13)9(15)14-8/h1-4,13H,5H2. The van der Waals surface area contributed by atoms with Crippen molar-refractivity contribution < 1.29 is 9.52 Å². The molecule has 0 saturated carbocycles. The maximum absolute atomic E-state index is 8.91. The van der Waals surface area contributed by atoms with Gasteiger partial charge in [-0.15, -0.1) is 5.10 Å². The zero-order valence-corrected chi connectivity index (χ0v) is 9.96. The lowest BCUT2D eigenvalue weighted by atomic mass is 10.2. The highest BCUT2D eigenvalue weighted by molar-refractivity contribution is 9.10. The Bertz CT molecular complexity index is 535. The molecule has 0 aliphatic carbocycles. The van der Waals surface area contributed by atoms with Crippen LogP contribution >= 0.6 is 28.1 Å². The normalized spacial score (nSPS) is 10.5. The molecule has 0 saturated heterocycles. The molecule has 1 aromatic carbocycles. The minimum Gasteiger partial charge on any atom is -0.409 e. The van der Waals surface area contributed by atoms with Crippen LogP contribution in [0.2, 0.25) is 0 Å². The minimum absolute atomic E-state index is 0.156. The smallest absolute Gasteiger partial charge is 0.289 e. The Balaban J connectivity index is 2.55. The van der Waals surface area contributed by atoms with Gasteiger partial charge in [0.05, 0.1) is 5.56 Å². The third kappa shape index (κ3) is 2.01. The molecule has 6 heteroatoms. The molecule has 0 unspecified atom stereocenters. The third-order valence-corrected chi connectivity index (χ3v) is 2.83. The van der Waals surface area contributed by atoms with Crippen LogP contribution in [0, 0.1) is 4.84 Å². The van der Waals surface area contributed by atoms with Crippen molar-refractivity contribution in [2.24, 2.45) is 0 Å². The maximum Gasteiger partial charge on any atom is 0.289 e. The molecule has 0 fully saturated rings. The molecule has 78 valence electrons. The first-order valence-electron chi connectivity index (χ1n) is 4.16. The van der Waals surface area contributed by atoms with Gasteiger partial charge < -0.3 is 9.52 Å². The zero-order valence-electron chi connectivity index (χ0n) is 7.55. The molecule has 4 nitrogen and oxygen atoms in total.